The van der Waals surface area contributed by atoms with E-state index in [4.69, 9.17) is 0 Å². The minimum Gasteiger partial charge on any atom is -0.315 e. The molecular formula is C15H33N3. The molecule has 1 N–H and O–H groups in total. The Morgan fingerprint density at radius 3 is 2.39 bits per heavy atom. The lowest BCUT2D eigenvalue weighted by atomic mass is 10.00. The maximum atomic E-state index is 3.52. The van der Waals surface area contributed by atoms with Gasteiger partial charge in [-0.05, 0) is 52.5 Å². The number of nitrogens with zero attached hydrogens (tertiary/aromatic N) is 2. The number of likely N-dealkylation sites (N-methyl/N-ethyl adjacent to an activating group) is 2. The van der Waals surface area contributed by atoms with Crippen LogP contribution in [0.1, 0.15) is 46.5 Å². The number of nitrogens with one attached hydrogen (secondary N) is 1. The molecule has 1 heterocycles. The Morgan fingerprint density at radius 1 is 1.22 bits per heavy atom. The predicted octanol–water partition coefficient (Wildman–Crippen LogP) is 2.18. The lowest BCUT2D eigenvalue weighted by Crippen LogP contribution is -2.50. The highest BCUT2D eigenvalue weighted by Gasteiger charge is 2.25. The smallest absolute Gasteiger partial charge is 0.0220 e. The topological polar surface area (TPSA) is 18.5 Å². The van der Waals surface area contributed by atoms with Gasteiger partial charge in [-0.15, -0.1) is 0 Å². The van der Waals surface area contributed by atoms with E-state index in [0.717, 1.165) is 19.1 Å². The highest BCUT2D eigenvalue weighted by atomic mass is 15.2. The minimum atomic E-state index is 0.716. The Morgan fingerprint density at radius 2 is 1.89 bits per heavy atom. The van der Waals surface area contributed by atoms with Crippen molar-refractivity contribution >= 4 is 0 Å². The Labute approximate surface area is 114 Å². The van der Waals surface area contributed by atoms with Crippen LogP contribution in [0.4, 0.5) is 0 Å². The van der Waals surface area contributed by atoms with Crippen molar-refractivity contribution in [3.05, 3.63) is 0 Å². The third-order valence-corrected chi connectivity index (χ3v) is 4.41. The summed E-state index contributed by atoms with van der Waals surface area (Å²) < 4.78 is 0. The zero-order valence-corrected chi connectivity index (χ0v) is 12.9. The molecule has 3 nitrogen and oxygen atoms in total. The van der Waals surface area contributed by atoms with Crippen molar-refractivity contribution in [3.63, 3.8) is 0 Å². The van der Waals surface area contributed by atoms with E-state index in [-0.39, 0.29) is 0 Å². The molecule has 1 aliphatic rings. The van der Waals surface area contributed by atoms with E-state index in [9.17, 15) is 0 Å². The fourth-order valence-electron chi connectivity index (χ4n) is 3.03. The summed E-state index contributed by atoms with van der Waals surface area (Å²) in [6.45, 7) is 12.8. The first-order valence-corrected chi connectivity index (χ1v) is 7.87. The molecule has 1 rings (SSSR count). The zero-order valence-electron chi connectivity index (χ0n) is 12.9. The van der Waals surface area contributed by atoms with Crippen LogP contribution in [0.2, 0.25) is 0 Å². The number of hydrogen-bond acceptors (Lipinski definition) is 3. The van der Waals surface area contributed by atoms with Crippen molar-refractivity contribution in [1.29, 1.82) is 0 Å². The molecule has 0 spiro atoms. The standard InChI is InChI=1S/C15H33N3/c1-5-8-15(13-16-6-2)17(4)14-9-11-18(7-3)12-10-14/h14-16H,5-13H2,1-4H3. The molecule has 0 aliphatic carbocycles. The van der Waals surface area contributed by atoms with Gasteiger partial charge in [-0.3, -0.25) is 4.90 Å². The van der Waals surface area contributed by atoms with Crippen molar-refractivity contribution in [2.75, 3.05) is 39.8 Å². The summed E-state index contributed by atoms with van der Waals surface area (Å²) >= 11 is 0. The number of piperidine rings is 1. The van der Waals surface area contributed by atoms with Crippen LogP contribution in [0.15, 0.2) is 0 Å². The molecule has 0 saturated carbocycles. The van der Waals surface area contributed by atoms with Gasteiger partial charge in [0.25, 0.3) is 0 Å². The van der Waals surface area contributed by atoms with Gasteiger partial charge in [0, 0.05) is 18.6 Å². The van der Waals surface area contributed by atoms with Gasteiger partial charge in [0.2, 0.25) is 0 Å². The van der Waals surface area contributed by atoms with Crippen molar-refractivity contribution in [3.8, 4) is 0 Å². The highest BCUT2D eigenvalue weighted by molar-refractivity contribution is 4.82. The van der Waals surface area contributed by atoms with Crippen LogP contribution in [0.5, 0.6) is 0 Å². The molecule has 3 heteroatoms. The molecule has 1 saturated heterocycles. The lowest BCUT2D eigenvalue weighted by molar-refractivity contribution is 0.0938. The molecular weight excluding hydrogens is 222 g/mol. The van der Waals surface area contributed by atoms with E-state index in [2.05, 4.69) is 42.9 Å². The largest absolute Gasteiger partial charge is 0.315 e. The maximum absolute atomic E-state index is 3.52. The van der Waals surface area contributed by atoms with Crippen molar-refractivity contribution < 1.29 is 0 Å². The molecule has 0 amide bonds. The quantitative estimate of drug-likeness (QED) is 0.717. The molecule has 1 fully saturated rings. The van der Waals surface area contributed by atoms with Crippen molar-refractivity contribution in [2.24, 2.45) is 0 Å². The highest BCUT2D eigenvalue weighted by Crippen LogP contribution is 2.18. The lowest BCUT2D eigenvalue weighted by Gasteiger charge is -2.40. The molecule has 108 valence electrons. The summed E-state index contributed by atoms with van der Waals surface area (Å²) in [7, 11) is 2.34. The van der Waals surface area contributed by atoms with Crippen LogP contribution in [-0.4, -0.2) is 61.7 Å². The summed E-state index contributed by atoms with van der Waals surface area (Å²) in [4.78, 5) is 5.22. The molecule has 18 heavy (non-hydrogen) atoms. The average molecular weight is 255 g/mol. The first-order valence-electron chi connectivity index (χ1n) is 7.87. The second-order valence-electron chi connectivity index (χ2n) is 5.58. The first-order chi connectivity index (χ1) is 8.72. The third-order valence-electron chi connectivity index (χ3n) is 4.41. The molecule has 1 atom stereocenters. The summed E-state index contributed by atoms with van der Waals surface area (Å²) in [6, 6.07) is 1.51. The van der Waals surface area contributed by atoms with Crippen LogP contribution in [0.3, 0.4) is 0 Å². The van der Waals surface area contributed by atoms with E-state index in [0.29, 0.717) is 6.04 Å². The molecule has 1 aliphatic heterocycles. The van der Waals surface area contributed by atoms with E-state index >= 15 is 0 Å². The summed E-state index contributed by atoms with van der Waals surface area (Å²) in [5, 5.41) is 3.52. The predicted molar refractivity (Wildman–Crippen MR) is 80.1 cm³/mol. The van der Waals surface area contributed by atoms with Gasteiger partial charge >= 0.3 is 0 Å². The van der Waals surface area contributed by atoms with Crippen LogP contribution >= 0.6 is 0 Å². The SMILES string of the molecule is CCCC(CNCC)N(C)C1CCN(CC)CC1. The second-order valence-corrected chi connectivity index (χ2v) is 5.58. The average Bonchev–Trinajstić information content (AvgIpc) is 2.43. The van der Waals surface area contributed by atoms with Crippen molar-refractivity contribution in [2.45, 2.75) is 58.5 Å². The van der Waals surface area contributed by atoms with Gasteiger partial charge in [0.15, 0.2) is 0 Å². The molecule has 0 aromatic heterocycles. The van der Waals surface area contributed by atoms with E-state index in [1.807, 2.05) is 0 Å². The zero-order chi connectivity index (χ0) is 13.4. The van der Waals surface area contributed by atoms with E-state index in [1.165, 1.54) is 45.3 Å². The van der Waals surface area contributed by atoms with Gasteiger partial charge in [0.1, 0.15) is 0 Å². The summed E-state index contributed by atoms with van der Waals surface area (Å²) in [5.74, 6) is 0. The Hall–Kier alpha value is -0.120. The molecule has 0 aromatic carbocycles. The van der Waals surface area contributed by atoms with E-state index < -0.39 is 0 Å². The van der Waals surface area contributed by atoms with Crippen LogP contribution in [0.25, 0.3) is 0 Å². The van der Waals surface area contributed by atoms with Gasteiger partial charge in [-0.2, -0.15) is 0 Å². The Balaban J connectivity index is 2.41. The van der Waals surface area contributed by atoms with Gasteiger partial charge < -0.3 is 10.2 Å². The molecule has 1 unspecified atom stereocenters. The molecule has 0 radical (unpaired) electrons. The Kier molecular flexibility index (Phi) is 7.87. The molecule has 0 bridgehead atoms. The van der Waals surface area contributed by atoms with Gasteiger partial charge in [-0.1, -0.05) is 27.2 Å². The fourth-order valence-corrected chi connectivity index (χ4v) is 3.03. The molecule has 0 aromatic rings. The maximum Gasteiger partial charge on any atom is 0.0220 e. The Bertz CT molecular complexity index is 200. The number of likely N-dealkylation sites (tertiary alicyclic amines) is 1. The van der Waals surface area contributed by atoms with Crippen LogP contribution < -0.4 is 5.32 Å². The first kappa shape index (κ1) is 15.9. The van der Waals surface area contributed by atoms with Crippen LogP contribution in [0, 0.1) is 0 Å². The van der Waals surface area contributed by atoms with Crippen LogP contribution in [-0.2, 0) is 0 Å². The summed E-state index contributed by atoms with van der Waals surface area (Å²) in [6.07, 6.45) is 5.29. The monoisotopic (exact) mass is 255 g/mol. The van der Waals surface area contributed by atoms with Gasteiger partial charge in [0.05, 0.1) is 0 Å². The van der Waals surface area contributed by atoms with Gasteiger partial charge in [-0.25, -0.2) is 0 Å². The second kappa shape index (κ2) is 8.89. The third kappa shape index (κ3) is 4.87. The summed E-state index contributed by atoms with van der Waals surface area (Å²) in [5.41, 5.74) is 0. The normalized spacial score (nSPS) is 20.5. The fraction of sp³-hybridized carbons (Fsp3) is 1.00. The number of rotatable bonds is 8. The number of hydrogen-bond donors (Lipinski definition) is 1. The van der Waals surface area contributed by atoms with E-state index in [1.54, 1.807) is 0 Å². The van der Waals surface area contributed by atoms with Crippen molar-refractivity contribution in [1.82, 2.24) is 15.1 Å². The minimum absolute atomic E-state index is 0.716.